The maximum absolute atomic E-state index is 5.64. The van der Waals surface area contributed by atoms with Gasteiger partial charge in [0.2, 0.25) is 0 Å². The van der Waals surface area contributed by atoms with E-state index in [1.165, 1.54) is 4.88 Å². The van der Waals surface area contributed by atoms with E-state index >= 15 is 0 Å². The molecule has 0 radical (unpaired) electrons. The molecule has 1 aromatic heterocycles. The summed E-state index contributed by atoms with van der Waals surface area (Å²) in [6.07, 6.45) is 6.54. The van der Waals surface area contributed by atoms with E-state index in [1.54, 1.807) is 18.4 Å². The molecule has 7 heteroatoms. The van der Waals surface area contributed by atoms with Crippen LogP contribution in [0.5, 0.6) is 0 Å². The van der Waals surface area contributed by atoms with Gasteiger partial charge in [0, 0.05) is 37.9 Å². The molecule has 2 N–H and O–H groups in total. The molecule has 0 amide bonds. The van der Waals surface area contributed by atoms with E-state index in [9.17, 15) is 0 Å². The maximum Gasteiger partial charge on any atom is 0.191 e. The lowest BCUT2D eigenvalue weighted by Gasteiger charge is -2.12. The first kappa shape index (κ1) is 18.2. The SMILES string of the molecule is CCc1cnc(CNC(=NC)NCCCOCC2CCCO2)s1. The minimum atomic E-state index is 0.309. The van der Waals surface area contributed by atoms with Crippen LogP contribution in [-0.2, 0) is 22.4 Å². The highest BCUT2D eigenvalue weighted by Crippen LogP contribution is 2.13. The van der Waals surface area contributed by atoms with Gasteiger partial charge in [0.05, 0.1) is 19.3 Å². The van der Waals surface area contributed by atoms with Gasteiger partial charge < -0.3 is 20.1 Å². The van der Waals surface area contributed by atoms with E-state index in [0.717, 1.165) is 63.0 Å². The third kappa shape index (κ3) is 6.85. The van der Waals surface area contributed by atoms with Gasteiger partial charge in [0.15, 0.2) is 5.96 Å². The van der Waals surface area contributed by atoms with Crippen molar-refractivity contribution < 1.29 is 9.47 Å². The molecule has 130 valence electrons. The summed E-state index contributed by atoms with van der Waals surface area (Å²) in [6, 6.07) is 0. The number of rotatable bonds is 9. The highest BCUT2D eigenvalue weighted by molar-refractivity contribution is 7.11. The van der Waals surface area contributed by atoms with Crippen LogP contribution in [0.4, 0.5) is 0 Å². The second-order valence-electron chi connectivity index (χ2n) is 5.49. The van der Waals surface area contributed by atoms with Crippen LogP contribution in [0.15, 0.2) is 11.2 Å². The molecule has 1 atom stereocenters. The standard InChI is InChI=1S/C16H28N4O2S/c1-3-14-10-19-15(23-14)11-20-16(17-2)18-7-5-8-21-12-13-6-4-9-22-13/h10,13H,3-9,11-12H2,1-2H3,(H2,17,18,20). The third-order valence-corrected chi connectivity index (χ3v) is 4.81. The van der Waals surface area contributed by atoms with Crippen LogP contribution in [-0.4, -0.2) is 50.5 Å². The second kappa shape index (κ2) is 10.6. The van der Waals surface area contributed by atoms with E-state index in [1.807, 2.05) is 6.20 Å². The number of aliphatic imine (C=N–C) groups is 1. The van der Waals surface area contributed by atoms with E-state index in [4.69, 9.17) is 9.47 Å². The van der Waals surface area contributed by atoms with Gasteiger partial charge in [-0.25, -0.2) is 4.98 Å². The average Bonchev–Trinajstić information content (AvgIpc) is 3.25. The Balaban J connectivity index is 1.52. The second-order valence-corrected chi connectivity index (χ2v) is 6.69. The summed E-state index contributed by atoms with van der Waals surface area (Å²) in [7, 11) is 1.78. The number of aromatic nitrogens is 1. The van der Waals surface area contributed by atoms with E-state index < -0.39 is 0 Å². The van der Waals surface area contributed by atoms with Crippen molar-refractivity contribution >= 4 is 17.3 Å². The molecule has 1 aliphatic rings. The Morgan fingerprint density at radius 2 is 2.43 bits per heavy atom. The molecule has 0 saturated carbocycles. The largest absolute Gasteiger partial charge is 0.379 e. The molecule has 23 heavy (non-hydrogen) atoms. The number of thiazole rings is 1. The van der Waals surface area contributed by atoms with Gasteiger partial charge in [-0.05, 0) is 25.7 Å². The summed E-state index contributed by atoms with van der Waals surface area (Å²) in [6.45, 7) is 6.04. The first-order chi connectivity index (χ1) is 11.3. The molecular weight excluding hydrogens is 312 g/mol. The van der Waals surface area contributed by atoms with Crippen LogP contribution >= 0.6 is 11.3 Å². The topological polar surface area (TPSA) is 67.8 Å². The van der Waals surface area contributed by atoms with Gasteiger partial charge in [-0.3, -0.25) is 4.99 Å². The van der Waals surface area contributed by atoms with E-state index in [0.29, 0.717) is 12.6 Å². The van der Waals surface area contributed by atoms with Crippen molar-refractivity contribution in [2.45, 2.75) is 45.3 Å². The Bertz CT molecular complexity index is 472. The molecular formula is C16H28N4O2S. The molecule has 0 aromatic carbocycles. The monoisotopic (exact) mass is 340 g/mol. The number of aryl methyl sites for hydroxylation is 1. The zero-order valence-corrected chi connectivity index (χ0v) is 15.0. The average molecular weight is 340 g/mol. The van der Waals surface area contributed by atoms with Gasteiger partial charge in [0.25, 0.3) is 0 Å². The Morgan fingerprint density at radius 3 is 3.13 bits per heavy atom. The molecule has 1 saturated heterocycles. The summed E-state index contributed by atoms with van der Waals surface area (Å²) in [5.41, 5.74) is 0. The minimum Gasteiger partial charge on any atom is -0.379 e. The Morgan fingerprint density at radius 1 is 1.52 bits per heavy atom. The molecule has 2 heterocycles. The molecule has 1 unspecified atom stereocenters. The lowest BCUT2D eigenvalue weighted by Crippen LogP contribution is -2.37. The molecule has 0 aliphatic carbocycles. The number of ether oxygens (including phenoxy) is 2. The van der Waals surface area contributed by atoms with Crippen molar-refractivity contribution in [1.29, 1.82) is 0 Å². The lowest BCUT2D eigenvalue weighted by molar-refractivity contribution is 0.0168. The number of hydrogen-bond acceptors (Lipinski definition) is 5. The zero-order valence-electron chi connectivity index (χ0n) is 14.1. The molecule has 1 fully saturated rings. The summed E-state index contributed by atoms with van der Waals surface area (Å²) >= 11 is 1.74. The van der Waals surface area contributed by atoms with E-state index in [-0.39, 0.29) is 0 Å². The molecule has 2 rings (SSSR count). The maximum atomic E-state index is 5.64. The van der Waals surface area contributed by atoms with Crippen molar-refractivity contribution in [2.24, 2.45) is 4.99 Å². The highest BCUT2D eigenvalue weighted by Gasteiger charge is 2.14. The first-order valence-electron chi connectivity index (χ1n) is 8.39. The minimum absolute atomic E-state index is 0.309. The van der Waals surface area contributed by atoms with Crippen LogP contribution in [0.3, 0.4) is 0 Å². The molecule has 1 aromatic rings. The normalized spacial score (nSPS) is 18.3. The van der Waals surface area contributed by atoms with E-state index in [2.05, 4.69) is 27.5 Å². The fourth-order valence-electron chi connectivity index (χ4n) is 2.34. The van der Waals surface area contributed by atoms with Gasteiger partial charge in [0.1, 0.15) is 5.01 Å². The van der Waals surface area contributed by atoms with Crippen molar-refractivity contribution in [1.82, 2.24) is 15.6 Å². The smallest absolute Gasteiger partial charge is 0.191 e. The number of nitrogens with zero attached hydrogens (tertiary/aromatic N) is 2. The van der Waals surface area contributed by atoms with Crippen molar-refractivity contribution in [3.63, 3.8) is 0 Å². The van der Waals surface area contributed by atoms with Gasteiger partial charge >= 0.3 is 0 Å². The van der Waals surface area contributed by atoms with Gasteiger partial charge in [-0.15, -0.1) is 11.3 Å². The van der Waals surface area contributed by atoms with Crippen LogP contribution < -0.4 is 10.6 Å². The van der Waals surface area contributed by atoms with Crippen molar-refractivity contribution in [3.8, 4) is 0 Å². The third-order valence-electron chi connectivity index (χ3n) is 3.67. The molecule has 1 aliphatic heterocycles. The fourth-order valence-corrected chi connectivity index (χ4v) is 3.15. The quantitative estimate of drug-likeness (QED) is 0.409. The number of nitrogens with one attached hydrogen (secondary N) is 2. The van der Waals surface area contributed by atoms with Gasteiger partial charge in [-0.2, -0.15) is 0 Å². The predicted molar refractivity (Wildman–Crippen MR) is 94.1 cm³/mol. The molecule has 0 spiro atoms. The summed E-state index contributed by atoms with van der Waals surface area (Å²) < 4.78 is 11.2. The van der Waals surface area contributed by atoms with Crippen LogP contribution in [0.25, 0.3) is 0 Å². The fraction of sp³-hybridized carbons (Fsp3) is 0.750. The Labute approximate surface area is 142 Å². The van der Waals surface area contributed by atoms with Crippen molar-refractivity contribution in [2.75, 3.05) is 33.4 Å². The van der Waals surface area contributed by atoms with Gasteiger partial charge in [-0.1, -0.05) is 6.92 Å². The summed E-state index contributed by atoms with van der Waals surface area (Å²) in [5.74, 6) is 0.803. The number of hydrogen-bond donors (Lipinski definition) is 2. The summed E-state index contributed by atoms with van der Waals surface area (Å²) in [4.78, 5) is 9.93. The molecule has 6 nitrogen and oxygen atoms in total. The molecule has 0 bridgehead atoms. The van der Waals surface area contributed by atoms with Crippen molar-refractivity contribution in [3.05, 3.63) is 16.1 Å². The Kier molecular flexibility index (Phi) is 8.35. The summed E-state index contributed by atoms with van der Waals surface area (Å²) in [5, 5.41) is 7.67. The van der Waals surface area contributed by atoms with Crippen LogP contribution in [0.1, 0.15) is 36.1 Å². The Hall–Kier alpha value is -1.18. The first-order valence-corrected chi connectivity index (χ1v) is 9.21. The lowest BCUT2D eigenvalue weighted by atomic mass is 10.2. The predicted octanol–water partition coefficient (Wildman–Crippen LogP) is 1.96. The highest BCUT2D eigenvalue weighted by atomic mass is 32.1. The zero-order chi connectivity index (χ0) is 16.3. The number of guanidine groups is 1. The van der Waals surface area contributed by atoms with Crippen LogP contribution in [0.2, 0.25) is 0 Å². The van der Waals surface area contributed by atoms with Crippen LogP contribution in [0, 0.1) is 0 Å².